The molecule has 0 heterocycles. The van der Waals surface area contributed by atoms with Gasteiger partial charge in [0.1, 0.15) is 6.61 Å². The van der Waals surface area contributed by atoms with Gasteiger partial charge in [0, 0.05) is 12.8 Å². The number of unbranched alkanes of at least 4 members (excludes halogenated alkanes) is 7. The zero-order valence-electron chi connectivity index (χ0n) is 31.0. The van der Waals surface area contributed by atoms with Crippen LogP contribution in [0, 0.1) is 5.92 Å². The molecule has 10 heteroatoms. The van der Waals surface area contributed by atoms with Crippen LogP contribution < -0.4 is 0 Å². The van der Waals surface area contributed by atoms with Gasteiger partial charge in [-0.25, -0.2) is 4.57 Å². The smallest absolute Gasteiger partial charge is 0.462 e. The highest BCUT2D eigenvalue weighted by Crippen LogP contribution is 2.36. The van der Waals surface area contributed by atoms with Crippen molar-refractivity contribution in [3.8, 4) is 0 Å². The Balaban J connectivity index is 4.20. The van der Waals surface area contributed by atoms with Crippen molar-refractivity contribution in [3.05, 3.63) is 72.9 Å². The van der Waals surface area contributed by atoms with Gasteiger partial charge in [-0.3, -0.25) is 14.1 Å². The average Bonchev–Trinajstić information content (AvgIpc) is 3.08. The molecule has 0 bridgehead atoms. The standard InChI is InChI=1S/C40H67O9P/c1-4-6-7-8-20-25-30-37(41)31-26-21-16-11-9-10-12-17-22-27-32-39(42)47-34-38(35-48-50(44,45)46)49-40(43)33-28-23-18-14-13-15-19-24-29-36(3)5-2/h6-7,9-10,16-17,20-22,25-26,31,36-38,41H,4-5,8,11-15,18-19,23-24,27-30,32-35H2,1-3H3,(H2,44,45,46)/b7-6-,10-9-,21-16-,22-17-,25-20-,31-26+/t36?,37?,38-/m1/s1. The van der Waals surface area contributed by atoms with Gasteiger partial charge in [-0.1, -0.05) is 151 Å². The van der Waals surface area contributed by atoms with E-state index in [0.29, 0.717) is 25.7 Å². The average molecular weight is 723 g/mol. The molecule has 0 spiro atoms. The Morgan fingerprint density at radius 1 is 0.700 bits per heavy atom. The molecule has 3 N–H and O–H groups in total. The molecule has 0 aliphatic rings. The second kappa shape index (κ2) is 33.6. The summed E-state index contributed by atoms with van der Waals surface area (Å²) < 4.78 is 26.2. The molecule has 2 unspecified atom stereocenters. The minimum atomic E-state index is -4.78. The van der Waals surface area contributed by atoms with E-state index >= 15 is 0 Å². The summed E-state index contributed by atoms with van der Waals surface area (Å²) >= 11 is 0. The van der Waals surface area contributed by atoms with E-state index in [4.69, 9.17) is 19.3 Å². The number of ether oxygens (including phenoxy) is 2. The van der Waals surface area contributed by atoms with Crippen molar-refractivity contribution >= 4 is 19.8 Å². The predicted octanol–water partition coefficient (Wildman–Crippen LogP) is 9.95. The molecule has 0 aliphatic carbocycles. The predicted molar refractivity (Wildman–Crippen MR) is 203 cm³/mol. The lowest BCUT2D eigenvalue weighted by molar-refractivity contribution is -0.161. The van der Waals surface area contributed by atoms with Crippen molar-refractivity contribution in [1.82, 2.24) is 0 Å². The van der Waals surface area contributed by atoms with Crippen molar-refractivity contribution < 1.29 is 43.0 Å². The molecule has 0 saturated carbocycles. The number of hydrogen-bond acceptors (Lipinski definition) is 7. The highest BCUT2D eigenvalue weighted by Gasteiger charge is 2.22. The summed E-state index contributed by atoms with van der Waals surface area (Å²) in [6.07, 6.45) is 38.1. The van der Waals surface area contributed by atoms with Crippen LogP contribution in [0.15, 0.2) is 72.9 Å². The van der Waals surface area contributed by atoms with Crippen molar-refractivity contribution in [1.29, 1.82) is 0 Å². The summed E-state index contributed by atoms with van der Waals surface area (Å²) in [5.41, 5.74) is 0. The normalized spacial score (nSPS) is 14.6. The number of phosphoric ester groups is 1. The Labute approximate surface area is 302 Å². The van der Waals surface area contributed by atoms with Gasteiger partial charge in [-0.2, -0.15) is 0 Å². The maximum absolute atomic E-state index is 12.3. The summed E-state index contributed by atoms with van der Waals surface area (Å²) in [6.45, 7) is 5.72. The van der Waals surface area contributed by atoms with Crippen LogP contribution in [0.4, 0.5) is 0 Å². The zero-order valence-corrected chi connectivity index (χ0v) is 31.9. The third-order valence-electron chi connectivity index (χ3n) is 7.87. The second-order valence-electron chi connectivity index (χ2n) is 12.6. The Morgan fingerprint density at radius 3 is 1.96 bits per heavy atom. The summed E-state index contributed by atoms with van der Waals surface area (Å²) in [6, 6.07) is 0. The number of phosphoric acid groups is 1. The molecule has 0 fully saturated rings. The fraction of sp³-hybridized carbons (Fsp3) is 0.650. The minimum absolute atomic E-state index is 0.116. The second-order valence-corrected chi connectivity index (χ2v) is 13.9. The van der Waals surface area contributed by atoms with Gasteiger partial charge in [-0.05, 0) is 50.9 Å². The number of aliphatic hydroxyl groups is 1. The van der Waals surface area contributed by atoms with E-state index < -0.39 is 38.6 Å². The summed E-state index contributed by atoms with van der Waals surface area (Å²) in [7, 11) is -4.78. The first-order chi connectivity index (χ1) is 24.1. The Morgan fingerprint density at radius 2 is 1.30 bits per heavy atom. The quantitative estimate of drug-likeness (QED) is 0.0203. The number of aliphatic hydroxyl groups excluding tert-OH is 1. The van der Waals surface area contributed by atoms with Gasteiger partial charge in [0.25, 0.3) is 0 Å². The number of allylic oxidation sites excluding steroid dienone is 10. The lowest BCUT2D eigenvalue weighted by Gasteiger charge is -2.18. The Bertz CT molecular complexity index is 1070. The molecule has 50 heavy (non-hydrogen) atoms. The molecule has 286 valence electrons. The van der Waals surface area contributed by atoms with Crippen molar-refractivity contribution in [2.24, 2.45) is 5.92 Å². The lowest BCUT2D eigenvalue weighted by atomic mass is 9.99. The molecule has 0 aromatic heterocycles. The lowest BCUT2D eigenvalue weighted by Crippen LogP contribution is -2.29. The van der Waals surface area contributed by atoms with Crippen molar-refractivity contribution in [2.45, 2.75) is 149 Å². The number of hydrogen-bond donors (Lipinski definition) is 3. The summed E-state index contributed by atoms with van der Waals surface area (Å²) in [5, 5.41) is 9.95. The maximum Gasteiger partial charge on any atom is 0.469 e. The van der Waals surface area contributed by atoms with Crippen LogP contribution in [0.3, 0.4) is 0 Å². The fourth-order valence-electron chi connectivity index (χ4n) is 4.69. The van der Waals surface area contributed by atoms with Gasteiger partial charge in [0.2, 0.25) is 0 Å². The summed E-state index contributed by atoms with van der Waals surface area (Å²) in [4.78, 5) is 42.6. The third-order valence-corrected chi connectivity index (χ3v) is 8.36. The molecule has 0 radical (unpaired) electrons. The third kappa shape index (κ3) is 35.3. The number of rotatable bonds is 32. The van der Waals surface area contributed by atoms with Gasteiger partial charge in [-0.15, -0.1) is 0 Å². The van der Waals surface area contributed by atoms with Crippen molar-refractivity contribution in [3.63, 3.8) is 0 Å². The molecule has 3 atom stereocenters. The van der Waals surface area contributed by atoms with Crippen LogP contribution in [0.2, 0.25) is 0 Å². The monoisotopic (exact) mass is 722 g/mol. The van der Waals surface area contributed by atoms with Crippen LogP contribution in [0.1, 0.15) is 136 Å². The molecule has 0 aliphatic heterocycles. The Kier molecular flexibility index (Phi) is 31.9. The van der Waals surface area contributed by atoms with E-state index in [0.717, 1.165) is 44.4 Å². The van der Waals surface area contributed by atoms with Crippen LogP contribution in [-0.2, 0) is 28.2 Å². The first kappa shape index (κ1) is 47.4. The van der Waals surface area contributed by atoms with Gasteiger partial charge in [0.05, 0.1) is 12.7 Å². The highest BCUT2D eigenvalue weighted by atomic mass is 31.2. The number of carbonyl (C=O) groups is 2. The van der Waals surface area contributed by atoms with E-state index in [1.54, 1.807) is 6.08 Å². The van der Waals surface area contributed by atoms with Crippen LogP contribution in [0.25, 0.3) is 0 Å². The van der Waals surface area contributed by atoms with Crippen LogP contribution >= 0.6 is 7.82 Å². The topological polar surface area (TPSA) is 140 Å². The van der Waals surface area contributed by atoms with E-state index in [-0.39, 0.29) is 19.4 Å². The van der Waals surface area contributed by atoms with E-state index in [2.05, 4.69) is 43.5 Å². The fourth-order valence-corrected chi connectivity index (χ4v) is 5.05. The molecule has 9 nitrogen and oxygen atoms in total. The molecule has 0 rings (SSSR count). The molecular formula is C40H67O9P. The maximum atomic E-state index is 12.3. The molecule has 0 aromatic rings. The van der Waals surface area contributed by atoms with E-state index in [1.807, 2.05) is 48.6 Å². The molecule has 0 aromatic carbocycles. The first-order valence-electron chi connectivity index (χ1n) is 18.7. The molecular weight excluding hydrogens is 655 g/mol. The van der Waals surface area contributed by atoms with Crippen LogP contribution in [0.5, 0.6) is 0 Å². The van der Waals surface area contributed by atoms with Gasteiger partial charge in [0.15, 0.2) is 6.10 Å². The van der Waals surface area contributed by atoms with Gasteiger partial charge >= 0.3 is 19.8 Å². The number of carbonyl (C=O) groups excluding carboxylic acids is 2. The van der Waals surface area contributed by atoms with E-state index in [1.165, 1.54) is 38.5 Å². The Hall–Kier alpha value is -2.55. The molecule has 0 amide bonds. The van der Waals surface area contributed by atoms with Gasteiger partial charge < -0.3 is 24.4 Å². The SMILES string of the molecule is CC/C=C\C/C=C\CC(O)/C=C/C=C\C/C=C\C/C=C\CCC(=O)OC[C@H](COP(=O)(O)O)OC(=O)CCCCCCCCCCC(C)CC. The van der Waals surface area contributed by atoms with E-state index in [9.17, 15) is 19.3 Å². The largest absolute Gasteiger partial charge is 0.469 e. The number of esters is 2. The molecule has 0 saturated heterocycles. The summed E-state index contributed by atoms with van der Waals surface area (Å²) in [5.74, 6) is -0.212. The zero-order chi connectivity index (χ0) is 37.1. The first-order valence-corrected chi connectivity index (χ1v) is 20.3. The van der Waals surface area contributed by atoms with Crippen LogP contribution in [-0.4, -0.2) is 52.3 Å². The minimum Gasteiger partial charge on any atom is -0.462 e. The highest BCUT2D eigenvalue weighted by molar-refractivity contribution is 7.46. The van der Waals surface area contributed by atoms with Crippen molar-refractivity contribution in [2.75, 3.05) is 13.2 Å².